The molecule has 0 fully saturated rings. The van der Waals surface area contributed by atoms with Crippen molar-refractivity contribution in [3.8, 4) is 11.8 Å². The molecule has 0 unspecified atom stereocenters. The molecule has 100 valence electrons. The topological polar surface area (TPSA) is 80.9 Å². The molecule has 0 aliphatic carbocycles. The molecule has 0 bridgehead atoms. The third kappa shape index (κ3) is 3.19. The molecule has 1 aromatic heterocycles. The Balaban J connectivity index is 2.26. The van der Waals surface area contributed by atoms with E-state index in [4.69, 9.17) is 5.73 Å². The quantitative estimate of drug-likeness (QED) is 0.804. The van der Waals surface area contributed by atoms with Crippen molar-refractivity contribution in [1.29, 1.82) is 0 Å². The summed E-state index contributed by atoms with van der Waals surface area (Å²) < 4.78 is 0. The zero-order valence-electron chi connectivity index (χ0n) is 11.1. The zero-order chi connectivity index (χ0) is 14.4. The van der Waals surface area contributed by atoms with Crippen molar-refractivity contribution in [3.63, 3.8) is 0 Å². The Morgan fingerprint density at radius 3 is 2.95 bits per heavy atom. The van der Waals surface area contributed by atoms with E-state index in [1.165, 1.54) is 12.4 Å². The van der Waals surface area contributed by atoms with E-state index >= 15 is 0 Å². The summed E-state index contributed by atoms with van der Waals surface area (Å²) >= 11 is 0. The minimum absolute atomic E-state index is 0.237. The van der Waals surface area contributed by atoms with E-state index in [9.17, 15) is 4.79 Å². The first-order valence-electron chi connectivity index (χ1n) is 6.08. The van der Waals surface area contributed by atoms with Crippen LogP contribution in [0.3, 0.4) is 0 Å². The number of hydrogen-bond acceptors (Lipinski definition) is 4. The molecule has 1 amide bonds. The third-order valence-corrected chi connectivity index (χ3v) is 2.71. The van der Waals surface area contributed by atoms with E-state index in [2.05, 4.69) is 27.1 Å². The summed E-state index contributed by atoms with van der Waals surface area (Å²) in [5.41, 5.74) is 7.52. The third-order valence-electron chi connectivity index (χ3n) is 2.71. The van der Waals surface area contributed by atoms with Crippen LogP contribution in [0.1, 0.15) is 21.5 Å². The molecule has 0 saturated carbocycles. The van der Waals surface area contributed by atoms with Crippen LogP contribution in [0.5, 0.6) is 0 Å². The Hall–Kier alpha value is -2.71. The van der Waals surface area contributed by atoms with Gasteiger partial charge in [0.15, 0.2) is 5.82 Å². The molecule has 0 radical (unpaired) electrons. The summed E-state index contributed by atoms with van der Waals surface area (Å²) in [7, 11) is 0. The van der Waals surface area contributed by atoms with Crippen LogP contribution in [0.2, 0.25) is 0 Å². The Bertz CT molecular complexity index is 671. The fourth-order valence-electron chi connectivity index (χ4n) is 1.71. The molecule has 2 rings (SSSR count). The van der Waals surface area contributed by atoms with Gasteiger partial charge in [0.25, 0.3) is 5.91 Å². The van der Waals surface area contributed by atoms with Gasteiger partial charge in [-0.25, -0.2) is 4.98 Å². The van der Waals surface area contributed by atoms with Crippen LogP contribution < -0.4 is 11.1 Å². The van der Waals surface area contributed by atoms with Gasteiger partial charge < -0.3 is 11.1 Å². The SMILES string of the molecule is Cc1c(C#CCN)cccc1C(=O)Nc1cnccn1. The molecule has 0 saturated heterocycles. The maximum atomic E-state index is 12.2. The standard InChI is InChI=1S/C15H14N4O/c1-11-12(5-3-7-16)4-2-6-13(11)15(20)19-14-10-17-8-9-18-14/h2,4,6,8-10H,7,16H2,1H3,(H,18,19,20). The number of rotatable bonds is 2. The maximum absolute atomic E-state index is 12.2. The molecule has 3 N–H and O–H groups in total. The van der Waals surface area contributed by atoms with Crippen molar-refractivity contribution >= 4 is 11.7 Å². The fourth-order valence-corrected chi connectivity index (χ4v) is 1.71. The highest BCUT2D eigenvalue weighted by molar-refractivity contribution is 6.05. The van der Waals surface area contributed by atoms with E-state index in [1.54, 1.807) is 18.3 Å². The van der Waals surface area contributed by atoms with Gasteiger partial charge in [-0.05, 0) is 24.6 Å². The minimum atomic E-state index is -0.237. The van der Waals surface area contributed by atoms with E-state index in [-0.39, 0.29) is 12.5 Å². The minimum Gasteiger partial charge on any atom is -0.320 e. The van der Waals surface area contributed by atoms with Crippen molar-refractivity contribution in [3.05, 3.63) is 53.5 Å². The van der Waals surface area contributed by atoms with Gasteiger partial charge in [-0.3, -0.25) is 9.78 Å². The molecule has 5 nitrogen and oxygen atoms in total. The van der Waals surface area contributed by atoms with Crippen LogP contribution in [0, 0.1) is 18.8 Å². The Kier molecular flexibility index (Phi) is 4.43. The highest BCUT2D eigenvalue weighted by atomic mass is 16.1. The van der Waals surface area contributed by atoms with Gasteiger partial charge in [-0.15, -0.1) is 0 Å². The molecule has 0 spiro atoms. The van der Waals surface area contributed by atoms with Crippen molar-refractivity contribution in [2.24, 2.45) is 5.73 Å². The van der Waals surface area contributed by atoms with Gasteiger partial charge in [-0.2, -0.15) is 0 Å². The molecular weight excluding hydrogens is 252 g/mol. The molecule has 1 heterocycles. The largest absolute Gasteiger partial charge is 0.320 e. The molecule has 0 atom stereocenters. The Morgan fingerprint density at radius 1 is 1.40 bits per heavy atom. The highest BCUT2D eigenvalue weighted by Gasteiger charge is 2.11. The Labute approximate surface area is 117 Å². The lowest BCUT2D eigenvalue weighted by atomic mass is 10.0. The van der Waals surface area contributed by atoms with Crippen LogP contribution in [0.15, 0.2) is 36.8 Å². The number of anilines is 1. The van der Waals surface area contributed by atoms with E-state index in [0.29, 0.717) is 11.4 Å². The number of carbonyl (C=O) groups excluding carboxylic acids is 1. The first-order chi connectivity index (χ1) is 9.72. The predicted octanol–water partition coefficient (Wildman–Crippen LogP) is 1.35. The molecule has 0 aliphatic heterocycles. The Morgan fingerprint density at radius 2 is 2.25 bits per heavy atom. The number of nitrogens with zero attached hydrogens (tertiary/aromatic N) is 2. The van der Waals surface area contributed by atoms with Gasteiger partial charge in [-0.1, -0.05) is 17.9 Å². The molecule has 20 heavy (non-hydrogen) atoms. The number of carbonyl (C=O) groups is 1. The number of hydrogen-bond donors (Lipinski definition) is 2. The molecule has 1 aromatic carbocycles. The summed E-state index contributed by atoms with van der Waals surface area (Å²) in [4.78, 5) is 20.1. The average molecular weight is 266 g/mol. The smallest absolute Gasteiger partial charge is 0.257 e. The van der Waals surface area contributed by atoms with Crippen LogP contribution >= 0.6 is 0 Å². The highest BCUT2D eigenvalue weighted by Crippen LogP contribution is 2.14. The van der Waals surface area contributed by atoms with Gasteiger partial charge in [0, 0.05) is 23.5 Å². The lowest BCUT2D eigenvalue weighted by molar-refractivity contribution is 0.102. The predicted molar refractivity (Wildman–Crippen MR) is 77.1 cm³/mol. The molecule has 5 heteroatoms. The number of nitrogens with two attached hydrogens (primary N) is 1. The lowest BCUT2D eigenvalue weighted by Gasteiger charge is -2.08. The van der Waals surface area contributed by atoms with E-state index < -0.39 is 0 Å². The summed E-state index contributed by atoms with van der Waals surface area (Å²) in [6.07, 6.45) is 4.56. The van der Waals surface area contributed by atoms with Gasteiger partial charge in [0.1, 0.15) is 0 Å². The van der Waals surface area contributed by atoms with Gasteiger partial charge in [0.05, 0.1) is 12.7 Å². The summed E-state index contributed by atoms with van der Waals surface area (Å²) in [6, 6.07) is 5.39. The van der Waals surface area contributed by atoms with Gasteiger partial charge >= 0.3 is 0 Å². The van der Waals surface area contributed by atoms with Gasteiger partial charge in [0.2, 0.25) is 0 Å². The van der Waals surface area contributed by atoms with E-state index in [0.717, 1.165) is 11.1 Å². The summed E-state index contributed by atoms with van der Waals surface area (Å²) in [5, 5.41) is 2.70. The van der Waals surface area contributed by atoms with Crippen LogP contribution in [-0.2, 0) is 0 Å². The zero-order valence-corrected chi connectivity index (χ0v) is 11.1. The van der Waals surface area contributed by atoms with Crippen LogP contribution in [0.25, 0.3) is 0 Å². The van der Waals surface area contributed by atoms with Crippen molar-refractivity contribution in [1.82, 2.24) is 9.97 Å². The maximum Gasteiger partial charge on any atom is 0.257 e. The van der Waals surface area contributed by atoms with Crippen LogP contribution in [0.4, 0.5) is 5.82 Å². The van der Waals surface area contributed by atoms with Crippen molar-refractivity contribution in [2.75, 3.05) is 11.9 Å². The normalized spacial score (nSPS) is 9.50. The second-order valence-corrected chi connectivity index (χ2v) is 4.03. The first kappa shape index (κ1) is 13.7. The number of benzene rings is 1. The molecule has 2 aromatic rings. The molecular formula is C15H14N4O. The average Bonchev–Trinajstić information content (AvgIpc) is 2.47. The van der Waals surface area contributed by atoms with E-state index in [1.807, 2.05) is 13.0 Å². The number of nitrogens with one attached hydrogen (secondary N) is 1. The first-order valence-corrected chi connectivity index (χ1v) is 6.08. The second-order valence-electron chi connectivity index (χ2n) is 4.03. The van der Waals surface area contributed by atoms with Crippen LogP contribution in [-0.4, -0.2) is 22.4 Å². The second kappa shape index (κ2) is 6.45. The monoisotopic (exact) mass is 266 g/mol. The summed E-state index contributed by atoms with van der Waals surface area (Å²) in [5.74, 6) is 5.91. The summed E-state index contributed by atoms with van der Waals surface area (Å²) in [6.45, 7) is 2.14. The fraction of sp³-hybridized carbons (Fsp3) is 0.133. The van der Waals surface area contributed by atoms with Crippen molar-refractivity contribution < 1.29 is 4.79 Å². The number of amides is 1. The van der Waals surface area contributed by atoms with Crippen molar-refractivity contribution in [2.45, 2.75) is 6.92 Å². The molecule has 0 aliphatic rings. The number of aromatic nitrogens is 2. The lowest BCUT2D eigenvalue weighted by Crippen LogP contribution is -2.15.